The van der Waals surface area contributed by atoms with Crippen LogP contribution in [0.2, 0.25) is 0 Å². The molecule has 0 spiro atoms. The van der Waals surface area contributed by atoms with E-state index in [-0.39, 0.29) is 11.9 Å². The fraction of sp³-hybridized carbons (Fsp3) is 0.333. The molecule has 1 heterocycles. The smallest absolute Gasteiger partial charge is 0.416 e. The maximum Gasteiger partial charge on any atom is 0.416 e. The Morgan fingerprint density at radius 3 is 2.48 bits per heavy atom. The van der Waals surface area contributed by atoms with Crippen LogP contribution in [-0.4, -0.2) is 25.8 Å². The van der Waals surface area contributed by atoms with E-state index in [1.807, 2.05) is 0 Å². The molecule has 134 valence electrons. The minimum absolute atomic E-state index is 0.261. The van der Waals surface area contributed by atoms with E-state index in [2.05, 4.69) is 5.32 Å². The highest BCUT2D eigenvalue weighted by molar-refractivity contribution is 5.30. The summed E-state index contributed by atoms with van der Waals surface area (Å²) in [7, 11) is 0. The van der Waals surface area contributed by atoms with Crippen molar-refractivity contribution in [1.29, 1.82) is 0 Å². The minimum Gasteiger partial charge on any atom is -0.483 e. The quantitative estimate of drug-likeness (QED) is 0.843. The molecule has 2 aromatic carbocycles. The SMILES string of the molecule is Fc1cccc([C@H](Oc2ccc(C(F)(F)F)cc2)[C@@H]2CNCCO2)c1. The van der Waals surface area contributed by atoms with Crippen LogP contribution in [0.4, 0.5) is 17.6 Å². The Kier molecular flexibility index (Phi) is 5.24. The Morgan fingerprint density at radius 1 is 1.12 bits per heavy atom. The molecule has 25 heavy (non-hydrogen) atoms. The van der Waals surface area contributed by atoms with Gasteiger partial charge in [0.05, 0.1) is 12.2 Å². The third kappa shape index (κ3) is 4.49. The first kappa shape index (κ1) is 17.7. The number of hydrogen-bond donors (Lipinski definition) is 1. The zero-order valence-corrected chi connectivity index (χ0v) is 13.2. The summed E-state index contributed by atoms with van der Waals surface area (Å²) in [6, 6.07) is 10.3. The summed E-state index contributed by atoms with van der Waals surface area (Å²) < 4.78 is 63.2. The van der Waals surface area contributed by atoms with Gasteiger partial charge >= 0.3 is 6.18 Å². The predicted molar refractivity (Wildman–Crippen MR) is 83.8 cm³/mol. The van der Waals surface area contributed by atoms with Gasteiger partial charge in [0, 0.05) is 13.1 Å². The van der Waals surface area contributed by atoms with E-state index < -0.39 is 23.7 Å². The Morgan fingerprint density at radius 2 is 1.88 bits per heavy atom. The molecule has 0 radical (unpaired) electrons. The third-order valence-electron chi connectivity index (χ3n) is 3.92. The highest BCUT2D eigenvalue weighted by Crippen LogP contribution is 2.32. The van der Waals surface area contributed by atoms with Gasteiger partial charge in [-0.05, 0) is 42.0 Å². The molecule has 1 saturated heterocycles. The molecule has 0 unspecified atom stereocenters. The molecule has 0 aliphatic carbocycles. The molecule has 0 bridgehead atoms. The van der Waals surface area contributed by atoms with Gasteiger partial charge in [-0.15, -0.1) is 0 Å². The molecule has 2 atom stereocenters. The molecular formula is C18H17F4NO2. The van der Waals surface area contributed by atoms with E-state index in [4.69, 9.17) is 9.47 Å². The van der Waals surface area contributed by atoms with Gasteiger partial charge in [-0.1, -0.05) is 12.1 Å². The largest absolute Gasteiger partial charge is 0.483 e. The number of ether oxygens (including phenoxy) is 2. The first-order chi connectivity index (χ1) is 11.9. The maximum atomic E-state index is 13.6. The van der Waals surface area contributed by atoms with Gasteiger partial charge in [-0.3, -0.25) is 0 Å². The average molecular weight is 355 g/mol. The van der Waals surface area contributed by atoms with Gasteiger partial charge in [-0.2, -0.15) is 13.2 Å². The van der Waals surface area contributed by atoms with Gasteiger partial charge in [0.2, 0.25) is 0 Å². The number of benzene rings is 2. The lowest BCUT2D eigenvalue weighted by molar-refractivity contribution is -0.137. The van der Waals surface area contributed by atoms with E-state index in [9.17, 15) is 17.6 Å². The van der Waals surface area contributed by atoms with E-state index in [0.29, 0.717) is 25.3 Å². The first-order valence-corrected chi connectivity index (χ1v) is 7.85. The summed E-state index contributed by atoms with van der Waals surface area (Å²) in [6.07, 6.45) is -5.42. The number of alkyl halides is 3. The summed E-state index contributed by atoms with van der Waals surface area (Å²) in [5, 5.41) is 3.17. The van der Waals surface area contributed by atoms with Crippen molar-refractivity contribution in [2.45, 2.75) is 18.4 Å². The molecule has 1 aliphatic heterocycles. The van der Waals surface area contributed by atoms with Gasteiger partial charge in [0.15, 0.2) is 6.10 Å². The van der Waals surface area contributed by atoms with Crippen LogP contribution in [0.25, 0.3) is 0 Å². The molecule has 1 fully saturated rings. The molecule has 3 nitrogen and oxygen atoms in total. The van der Waals surface area contributed by atoms with Crippen LogP contribution in [0.5, 0.6) is 5.75 Å². The van der Waals surface area contributed by atoms with Crippen LogP contribution >= 0.6 is 0 Å². The van der Waals surface area contributed by atoms with Crippen LogP contribution in [-0.2, 0) is 10.9 Å². The second-order valence-corrected chi connectivity index (χ2v) is 5.73. The van der Waals surface area contributed by atoms with Crippen LogP contribution in [0, 0.1) is 5.82 Å². The number of morpholine rings is 1. The molecule has 0 aromatic heterocycles. The number of hydrogen-bond acceptors (Lipinski definition) is 3. The van der Waals surface area contributed by atoms with Crippen molar-refractivity contribution in [2.24, 2.45) is 0 Å². The minimum atomic E-state index is -4.41. The summed E-state index contributed by atoms with van der Waals surface area (Å²) >= 11 is 0. The lowest BCUT2D eigenvalue weighted by Gasteiger charge is -2.31. The number of rotatable bonds is 4. The van der Waals surface area contributed by atoms with Crippen molar-refractivity contribution >= 4 is 0 Å². The fourth-order valence-corrected chi connectivity index (χ4v) is 2.69. The Hall–Kier alpha value is -2.12. The van der Waals surface area contributed by atoms with Crippen molar-refractivity contribution in [3.8, 4) is 5.75 Å². The maximum absolute atomic E-state index is 13.6. The Bertz CT molecular complexity index is 697. The number of nitrogens with one attached hydrogen (secondary N) is 1. The molecule has 2 aromatic rings. The summed E-state index contributed by atoms with van der Waals surface area (Å²) in [4.78, 5) is 0. The van der Waals surface area contributed by atoms with Crippen LogP contribution in [0.1, 0.15) is 17.2 Å². The predicted octanol–water partition coefficient (Wildman–Crippen LogP) is 3.95. The lowest BCUT2D eigenvalue weighted by Crippen LogP contribution is -2.43. The van der Waals surface area contributed by atoms with Crippen molar-refractivity contribution in [2.75, 3.05) is 19.7 Å². The molecule has 7 heteroatoms. The monoisotopic (exact) mass is 355 g/mol. The van der Waals surface area contributed by atoms with Gasteiger partial charge in [0.25, 0.3) is 0 Å². The molecular weight excluding hydrogens is 338 g/mol. The lowest BCUT2D eigenvalue weighted by atomic mass is 10.0. The Balaban J connectivity index is 1.84. The van der Waals surface area contributed by atoms with E-state index in [0.717, 1.165) is 12.1 Å². The summed E-state index contributed by atoms with van der Waals surface area (Å²) in [6.45, 7) is 1.68. The van der Waals surface area contributed by atoms with Crippen LogP contribution < -0.4 is 10.1 Å². The highest BCUT2D eigenvalue weighted by Gasteiger charge is 2.31. The zero-order chi connectivity index (χ0) is 17.9. The summed E-state index contributed by atoms with van der Waals surface area (Å²) in [5.41, 5.74) is -0.189. The van der Waals surface area contributed by atoms with E-state index >= 15 is 0 Å². The zero-order valence-electron chi connectivity index (χ0n) is 13.2. The van der Waals surface area contributed by atoms with Gasteiger partial charge in [-0.25, -0.2) is 4.39 Å². The second-order valence-electron chi connectivity index (χ2n) is 5.73. The first-order valence-electron chi connectivity index (χ1n) is 7.85. The van der Waals surface area contributed by atoms with Crippen molar-refractivity contribution in [3.05, 3.63) is 65.5 Å². The van der Waals surface area contributed by atoms with Crippen LogP contribution in [0.15, 0.2) is 48.5 Å². The van der Waals surface area contributed by atoms with Gasteiger partial charge < -0.3 is 14.8 Å². The second kappa shape index (κ2) is 7.41. The van der Waals surface area contributed by atoms with Crippen molar-refractivity contribution < 1.29 is 27.0 Å². The molecule has 1 aliphatic rings. The van der Waals surface area contributed by atoms with Crippen molar-refractivity contribution in [1.82, 2.24) is 5.32 Å². The highest BCUT2D eigenvalue weighted by atomic mass is 19.4. The molecule has 0 amide bonds. The fourth-order valence-electron chi connectivity index (χ4n) is 2.69. The normalized spacial score (nSPS) is 19.4. The number of halogens is 4. The molecule has 1 N–H and O–H groups in total. The molecule has 0 saturated carbocycles. The average Bonchev–Trinajstić information content (AvgIpc) is 2.60. The topological polar surface area (TPSA) is 30.5 Å². The van der Waals surface area contributed by atoms with Crippen molar-refractivity contribution in [3.63, 3.8) is 0 Å². The third-order valence-corrected chi connectivity index (χ3v) is 3.92. The van der Waals surface area contributed by atoms with E-state index in [1.165, 1.54) is 24.3 Å². The van der Waals surface area contributed by atoms with Gasteiger partial charge in [0.1, 0.15) is 17.7 Å². The Labute approximate surface area is 142 Å². The molecule has 3 rings (SSSR count). The van der Waals surface area contributed by atoms with Crippen LogP contribution in [0.3, 0.4) is 0 Å². The van der Waals surface area contributed by atoms with E-state index in [1.54, 1.807) is 12.1 Å². The standard InChI is InChI=1S/C18H17F4NO2/c19-14-3-1-2-12(10-14)17(16-11-23-8-9-24-16)25-15-6-4-13(5-7-15)18(20,21)22/h1-7,10,16-17,23H,8-9,11H2/t16-,17-/m0/s1. The summed E-state index contributed by atoms with van der Waals surface area (Å²) in [5.74, 6) is -0.154.